The number of hydrogen-bond acceptors (Lipinski definition) is 3. The van der Waals surface area contributed by atoms with Gasteiger partial charge in [-0.15, -0.1) is 0 Å². The van der Waals surface area contributed by atoms with Crippen LogP contribution in [-0.4, -0.2) is 18.6 Å². The third-order valence-corrected chi connectivity index (χ3v) is 3.92. The first-order valence-corrected chi connectivity index (χ1v) is 7.34. The minimum Gasteiger partial charge on any atom is -0.491 e. The summed E-state index contributed by atoms with van der Waals surface area (Å²) in [5.41, 5.74) is 6.25. The summed E-state index contributed by atoms with van der Waals surface area (Å²) in [5.74, 6) is 0.863. The van der Waals surface area contributed by atoms with Crippen molar-refractivity contribution in [3.8, 4) is 5.75 Å². The highest BCUT2D eigenvalue weighted by Gasteiger charge is 2.39. The molecule has 1 fully saturated rings. The lowest BCUT2D eigenvalue weighted by Gasteiger charge is -2.25. The van der Waals surface area contributed by atoms with Gasteiger partial charge in [0.1, 0.15) is 5.75 Å². The zero-order valence-electron chi connectivity index (χ0n) is 12.3. The minimum atomic E-state index is -0.368. The third kappa shape index (κ3) is 3.31. The van der Waals surface area contributed by atoms with Gasteiger partial charge in [0.05, 0.1) is 11.5 Å². The van der Waals surface area contributed by atoms with Crippen molar-refractivity contribution in [1.29, 1.82) is 0 Å². The maximum atomic E-state index is 12.4. The molecule has 1 aliphatic carbocycles. The average molecular weight is 276 g/mol. The number of carbonyl (C=O) groups excluding carboxylic acids is 1. The Morgan fingerprint density at radius 1 is 1.30 bits per heavy atom. The lowest BCUT2D eigenvalue weighted by atomic mass is 9.85. The largest absolute Gasteiger partial charge is 0.491 e. The molecule has 1 amide bonds. The fourth-order valence-corrected chi connectivity index (χ4v) is 2.73. The fraction of sp³-hybridized carbons (Fsp3) is 0.562. The molecular formula is C16H24N2O2. The van der Waals surface area contributed by atoms with Gasteiger partial charge in [-0.1, -0.05) is 12.8 Å². The molecule has 0 atom stereocenters. The molecule has 1 aromatic rings. The predicted octanol–water partition coefficient (Wildman–Crippen LogP) is 2.93. The fourth-order valence-electron chi connectivity index (χ4n) is 2.73. The van der Waals surface area contributed by atoms with Crippen molar-refractivity contribution in [3.05, 3.63) is 24.3 Å². The highest BCUT2D eigenvalue weighted by Crippen LogP contribution is 2.38. The Kier molecular flexibility index (Phi) is 4.65. The lowest BCUT2D eigenvalue weighted by molar-refractivity contribution is -0.124. The monoisotopic (exact) mass is 276 g/mol. The SMILES string of the molecule is CC(C)Oc1ccc(NC(=O)C2(CN)CCCC2)cc1. The Labute approximate surface area is 120 Å². The van der Waals surface area contributed by atoms with E-state index >= 15 is 0 Å². The number of nitrogens with one attached hydrogen (secondary N) is 1. The predicted molar refractivity (Wildman–Crippen MR) is 80.8 cm³/mol. The summed E-state index contributed by atoms with van der Waals surface area (Å²) >= 11 is 0. The number of benzene rings is 1. The number of hydrogen-bond donors (Lipinski definition) is 2. The lowest BCUT2D eigenvalue weighted by Crippen LogP contribution is -2.40. The molecule has 4 nitrogen and oxygen atoms in total. The van der Waals surface area contributed by atoms with Crippen LogP contribution in [0.1, 0.15) is 39.5 Å². The molecule has 3 N–H and O–H groups in total. The first kappa shape index (κ1) is 14.9. The summed E-state index contributed by atoms with van der Waals surface area (Å²) < 4.78 is 5.58. The number of nitrogens with two attached hydrogens (primary N) is 1. The second-order valence-electron chi connectivity index (χ2n) is 5.84. The Morgan fingerprint density at radius 3 is 2.40 bits per heavy atom. The topological polar surface area (TPSA) is 64.3 Å². The standard InChI is InChI=1S/C16H24N2O2/c1-12(2)20-14-7-5-13(6-8-14)18-15(19)16(11-17)9-3-4-10-16/h5-8,12H,3-4,9-11,17H2,1-2H3,(H,18,19). The molecule has 0 bridgehead atoms. The third-order valence-electron chi connectivity index (χ3n) is 3.92. The molecule has 0 aromatic heterocycles. The van der Waals surface area contributed by atoms with Crippen LogP contribution in [0.15, 0.2) is 24.3 Å². The molecule has 2 rings (SSSR count). The van der Waals surface area contributed by atoms with E-state index in [2.05, 4.69) is 5.32 Å². The Balaban J connectivity index is 2.00. The van der Waals surface area contributed by atoms with Crippen LogP contribution in [0, 0.1) is 5.41 Å². The Bertz CT molecular complexity index is 448. The summed E-state index contributed by atoms with van der Waals surface area (Å²) in [6, 6.07) is 7.49. The maximum Gasteiger partial charge on any atom is 0.231 e. The van der Waals surface area contributed by atoms with Gasteiger partial charge in [0.15, 0.2) is 0 Å². The van der Waals surface area contributed by atoms with Crippen molar-refractivity contribution in [2.45, 2.75) is 45.6 Å². The molecule has 1 saturated carbocycles. The molecule has 0 spiro atoms. The van der Waals surface area contributed by atoms with E-state index < -0.39 is 0 Å². The van der Waals surface area contributed by atoms with E-state index in [1.165, 1.54) is 0 Å². The molecular weight excluding hydrogens is 252 g/mol. The van der Waals surface area contributed by atoms with E-state index in [4.69, 9.17) is 10.5 Å². The average Bonchev–Trinajstić information content (AvgIpc) is 2.90. The van der Waals surface area contributed by atoms with Gasteiger partial charge in [0, 0.05) is 12.2 Å². The van der Waals surface area contributed by atoms with E-state index in [9.17, 15) is 4.79 Å². The summed E-state index contributed by atoms with van der Waals surface area (Å²) in [6.45, 7) is 4.40. The Hall–Kier alpha value is -1.55. The van der Waals surface area contributed by atoms with Crippen molar-refractivity contribution < 1.29 is 9.53 Å². The number of carbonyl (C=O) groups is 1. The maximum absolute atomic E-state index is 12.4. The van der Waals surface area contributed by atoms with Crippen molar-refractivity contribution in [2.24, 2.45) is 11.1 Å². The minimum absolute atomic E-state index is 0.0510. The van der Waals surface area contributed by atoms with Crippen LogP contribution in [-0.2, 0) is 4.79 Å². The van der Waals surface area contributed by atoms with Gasteiger partial charge in [-0.3, -0.25) is 4.79 Å². The molecule has 4 heteroatoms. The van der Waals surface area contributed by atoms with E-state index in [0.29, 0.717) is 6.54 Å². The van der Waals surface area contributed by atoms with Crippen molar-refractivity contribution >= 4 is 11.6 Å². The van der Waals surface area contributed by atoms with Crippen molar-refractivity contribution in [3.63, 3.8) is 0 Å². The van der Waals surface area contributed by atoms with Gasteiger partial charge in [0.2, 0.25) is 5.91 Å². The van der Waals surface area contributed by atoms with Gasteiger partial charge in [-0.2, -0.15) is 0 Å². The van der Waals surface area contributed by atoms with Crippen LogP contribution >= 0.6 is 0 Å². The molecule has 0 aliphatic heterocycles. The van der Waals surface area contributed by atoms with Crippen LogP contribution in [0.4, 0.5) is 5.69 Å². The quantitative estimate of drug-likeness (QED) is 0.869. The highest BCUT2D eigenvalue weighted by atomic mass is 16.5. The van der Waals surface area contributed by atoms with Gasteiger partial charge in [-0.05, 0) is 51.0 Å². The van der Waals surface area contributed by atoms with E-state index in [-0.39, 0.29) is 17.4 Å². The Morgan fingerprint density at radius 2 is 1.90 bits per heavy atom. The second-order valence-corrected chi connectivity index (χ2v) is 5.84. The number of rotatable bonds is 5. The normalized spacial score (nSPS) is 17.2. The summed E-state index contributed by atoms with van der Waals surface area (Å²) in [7, 11) is 0. The smallest absolute Gasteiger partial charge is 0.231 e. The number of amides is 1. The van der Waals surface area contributed by atoms with Crippen molar-refractivity contribution in [2.75, 3.05) is 11.9 Å². The van der Waals surface area contributed by atoms with Crippen LogP contribution in [0.25, 0.3) is 0 Å². The van der Waals surface area contributed by atoms with Gasteiger partial charge < -0.3 is 15.8 Å². The van der Waals surface area contributed by atoms with E-state index in [0.717, 1.165) is 37.1 Å². The first-order chi connectivity index (χ1) is 9.55. The number of ether oxygens (including phenoxy) is 1. The molecule has 1 aliphatic rings. The van der Waals surface area contributed by atoms with E-state index in [1.807, 2.05) is 38.1 Å². The summed E-state index contributed by atoms with van der Waals surface area (Å²) in [4.78, 5) is 12.4. The summed E-state index contributed by atoms with van der Waals surface area (Å²) in [6.07, 6.45) is 4.11. The number of anilines is 1. The molecule has 0 saturated heterocycles. The second kappa shape index (κ2) is 6.27. The van der Waals surface area contributed by atoms with Gasteiger partial charge in [0.25, 0.3) is 0 Å². The molecule has 0 unspecified atom stereocenters. The molecule has 110 valence electrons. The van der Waals surface area contributed by atoms with Crippen LogP contribution in [0.5, 0.6) is 5.75 Å². The zero-order valence-corrected chi connectivity index (χ0v) is 12.3. The molecule has 0 heterocycles. The summed E-state index contributed by atoms with van der Waals surface area (Å²) in [5, 5.41) is 2.98. The van der Waals surface area contributed by atoms with Crippen LogP contribution < -0.4 is 15.8 Å². The first-order valence-electron chi connectivity index (χ1n) is 7.34. The van der Waals surface area contributed by atoms with Crippen LogP contribution in [0.2, 0.25) is 0 Å². The van der Waals surface area contributed by atoms with E-state index in [1.54, 1.807) is 0 Å². The van der Waals surface area contributed by atoms with Crippen LogP contribution in [0.3, 0.4) is 0 Å². The molecule has 0 radical (unpaired) electrons. The molecule has 1 aromatic carbocycles. The van der Waals surface area contributed by atoms with Crippen molar-refractivity contribution in [1.82, 2.24) is 0 Å². The van der Waals surface area contributed by atoms with Gasteiger partial charge in [-0.25, -0.2) is 0 Å². The highest BCUT2D eigenvalue weighted by molar-refractivity contribution is 5.95. The van der Waals surface area contributed by atoms with Gasteiger partial charge >= 0.3 is 0 Å². The zero-order chi connectivity index (χ0) is 14.6. The molecule has 20 heavy (non-hydrogen) atoms.